The molecule has 0 bridgehead atoms. The van der Waals surface area contributed by atoms with Crippen LogP contribution in [-0.4, -0.2) is 27.2 Å². The van der Waals surface area contributed by atoms with Gasteiger partial charge >= 0.3 is 0 Å². The summed E-state index contributed by atoms with van der Waals surface area (Å²) in [6.07, 6.45) is 2.94. The molecule has 4 heteroatoms. The molecule has 0 saturated carbocycles. The van der Waals surface area contributed by atoms with Crippen LogP contribution in [0.15, 0.2) is 0 Å². The van der Waals surface area contributed by atoms with Crippen molar-refractivity contribution in [3.8, 4) is 0 Å². The Morgan fingerprint density at radius 2 is 2.33 bits per heavy atom. The monoisotopic (exact) mass is 243 g/mol. The van der Waals surface area contributed by atoms with Gasteiger partial charge in [0.15, 0.2) is 0 Å². The predicted octanol–water partition coefficient (Wildman–Crippen LogP) is 2.56. The Morgan fingerprint density at radius 1 is 1.53 bits per heavy atom. The number of thioether (sulfide) groups is 1. The van der Waals surface area contributed by atoms with Crippen LogP contribution in [0.3, 0.4) is 0 Å². The minimum Gasteiger partial charge on any atom is -0.392 e. The zero-order valence-corrected chi connectivity index (χ0v) is 10.8. The molecule has 2 heterocycles. The third kappa shape index (κ3) is 2.74. The van der Waals surface area contributed by atoms with E-state index in [4.69, 9.17) is 0 Å². The number of aliphatic hydroxyl groups is 1. The highest BCUT2D eigenvalue weighted by atomic mass is 32.2. The molecule has 2 nitrogen and oxygen atoms in total. The normalized spacial score (nSPS) is 23.3. The third-order valence-corrected chi connectivity index (χ3v) is 5.45. The Labute approximate surface area is 99.1 Å². The van der Waals surface area contributed by atoms with E-state index in [-0.39, 0.29) is 6.10 Å². The molecule has 1 aromatic heterocycles. The summed E-state index contributed by atoms with van der Waals surface area (Å²) in [6.45, 7) is 4.12. The van der Waals surface area contributed by atoms with Crippen LogP contribution in [0.5, 0.6) is 0 Å². The van der Waals surface area contributed by atoms with Gasteiger partial charge in [0.1, 0.15) is 0 Å². The number of thiazole rings is 1. The van der Waals surface area contributed by atoms with Crippen molar-refractivity contribution in [2.24, 2.45) is 0 Å². The van der Waals surface area contributed by atoms with Gasteiger partial charge in [-0.25, -0.2) is 4.98 Å². The Hall–Kier alpha value is -0.0600. The quantitative estimate of drug-likeness (QED) is 0.885. The number of hydrogen-bond donors (Lipinski definition) is 1. The van der Waals surface area contributed by atoms with Gasteiger partial charge in [0.25, 0.3) is 0 Å². The van der Waals surface area contributed by atoms with Crippen LogP contribution >= 0.6 is 23.1 Å². The molecule has 1 aliphatic heterocycles. The maximum Gasteiger partial charge on any atom is 0.0957 e. The van der Waals surface area contributed by atoms with Crippen molar-refractivity contribution >= 4 is 23.1 Å². The van der Waals surface area contributed by atoms with Gasteiger partial charge in [-0.1, -0.05) is 0 Å². The SMILES string of the molecule is Cc1nc(CC(O)C2CCCS2)sc1C. The van der Waals surface area contributed by atoms with Gasteiger partial charge < -0.3 is 5.11 Å². The number of aliphatic hydroxyl groups excluding tert-OH is 1. The van der Waals surface area contributed by atoms with Crippen LogP contribution in [0.1, 0.15) is 28.4 Å². The molecule has 0 spiro atoms. The van der Waals surface area contributed by atoms with Crippen molar-refractivity contribution in [2.75, 3.05) is 5.75 Å². The average molecular weight is 243 g/mol. The molecule has 15 heavy (non-hydrogen) atoms. The number of hydrogen-bond acceptors (Lipinski definition) is 4. The van der Waals surface area contributed by atoms with Crippen LogP contribution < -0.4 is 0 Å². The largest absolute Gasteiger partial charge is 0.392 e. The summed E-state index contributed by atoms with van der Waals surface area (Å²) in [4.78, 5) is 5.75. The third-order valence-electron chi connectivity index (χ3n) is 2.85. The lowest BCUT2D eigenvalue weighted by molar-refractivity contribution is 0.170. The number of aryl methyl sites for hydroxylation is 2. The molecular formula is C11H17NOS2. The van der Waals surface area contributed by atoms with Gasteiger partial charge in [-0.05, 0) is 32.4 Å². The fourth-order valence-corrected chi connectivity index (χ4v) is 4.11. The molecule has 1 aliphatic rings. The van der Waals surface area contributed by atoms with E-state index in [0.29, 0.717) is 5.25 Å². The summed E-state index contributed by atoms with van der Waals surface area (Å²) in [6, 6.07) is 0. The first kappa shape index (κ1) is 11.4. The fraction of sp³-hybridized carbons (Fsp3) is 0.727. The molecule has 0 radical (unpaired) electrons. The van der Waals surface area contributed by atoms with Gasteiger partial charge in [0, 0.05) is 16.5 Å². The van der Waals surface area contributed by atoms with Crippen LogP contribution in [0, 0.1) is 13.8 Å². The molecule has 0 aliphatic carbocycles. The van der Waals surface area contributed by atoms with E-state index in [1.165, 1.54) is 17.1 Å². The van der Waals surface area contributed by atoms with Gasteiger partial charge in [-0.2, -0.15) is 11.8 Å². The molecular weight excluding hydrogens is 226 g/mol. The van der Waals surface area contributed by atoms with Crippen LogP contribution in [0.2, 0.25) is 0 Å². The van der Waals surface area contributed by atoms with E-state index in [1.807, 2.05) is 18.7 Å². The Bertz CT molecular complexity index is 312. The highest BCUT2D eigenvalue weighted by Gasteiger charge is 2.24. The minimum absolute atomic E-state index is 0.206. The minimum atomic E-state index is -0.206. The average Bonchev–Trinajstić information content (AvgIpc) is 2.77. The highest BCUT2D eigenvalue weighted by Crippen LogP contribution is 2.30. The van der Waals surface area contributed by atoms with E-state index in [1.54, 1.807) is 11.3 Å². The van der Waals surface area contributed by atoms with Gasteiger partial charge in [0.2, 0.25) is 0 Å². The molecule has 2 unspecified atom stereocenters. The first-order valence-electron chi connectivity index (χ1n) is 5.39. The van der Waals surface area contributed by atoms with Crippen LogP contribution in [0.25, 0.3) is 0 Å². The number of rotatable bonds is 3. The molecule has 1 N–H and O–H groups in total. The number of nitrogens with zero attached hydrogens (tertiary/aromatic N) is 1. The van der Waals surface area contributed by atoms with Gasteiger partial charge in [-0.3, -0.25) is 0 Å². The van der Waals surface area contributed by atoms with E-state index < -0.39 is 0 Å². The summed E-state index contributed by atoms with van der Waals surface area (Å²) in [5, 5.41) is 11.6. The highest BCUT2D eigenvalue weighted by molar-refractivity contribution is 8.00. The molecule has 1 fully saturated rings. The fourth-order valence-electron chi connectivity index (χ4n) is 1.84. The number of aromatic nitrogens is 1. The Kier molecular flexibility index (Phi) is 3.69. The molecule has 0 amide bonds. The van der Waals surface area contributed by atoms with Crippen molar-refractivity contribution in [1.29, 1.82) is 0 Å². The summed E-state index contributed by atoms with van der Waals surface area (Å²) in [5.41, 5.74) is 1.11. The van der Waals surface area contributed by atoms with Crippen molar-refractivity contribution in [1.82, 2.24) is 4.98 Å². The van der Waals surface area contributed by atoms with Crippen LogP contribution in [-0.2, 0) is 6.42 Å². The summed E-state index contributed by atoms with van der Waals surface area (Å²) < 4.78 is 0. The molecule has 0 aromatic carbocycles. The Balaban J connectivity index is 1.95. The molecule has 1 aromatic rings. The zero-order chi connectivity index (χ0) is 10.8. The molecule has 2 atom stereocenters. The summed E-state index contributed by atoms with van der Waals surface area (Å²) in [7, 11) is 0. The topological polar surface area (TPSA) is 33.1 Å². The van der Waals surface area contributed by atoms with E-state index >= 15 is 0 Å². The molecule has 2 rings (SSSR count). The molecule has 84 valence electrons. The second-order valence-electron chi connectivity index (χ2n) is 4.07. The van der Waals surface area contributed by atoms with Crippen molar-refractivity contribution in [3.63, 3.8) is 0 Å². The zero-order valence-electron chi connectivity index (χ0n) is 9.19. The Morgan fingerprint density at radius 3 is 2.87 bits per heavy atom. The van der Waals surface area contributed by atoms with Crippen LogP contribution in [0.4, 0.5) is 0 Å². The predicted molar refractivity (Wildman–Crippen MR) is 66.8 cm³/mol. The maximum absolute atomic E-state index is 10.0. The van der Waals surface area contributed by atoms with E-state index in [2.05, 4.69) is 11.9 Å². The van der Waals surface area contributed by atoms with Crippen molar-refractivity contribution in [2.45, 2.75) is 44.5 Å². The van der Waals surface area contributed by atoms with Gasteiger partial charge in [0.05, 0.1) is 16.8 Å². The molecule has 1 saturated heterocycles. The standard InChI is InChI=1S/C11H17NOS2/c1-7-8(2)15-11(12-7)6-9(13)10-4-3-5-14-10/h9-10,13H,3-6H2,1-2H3. The lowest BCUT2D eigenvalue weighted by Crippen LogP contribution is -2.22. The first-order valence-corrected chi connectivity index (χ1v) is 7.26. The first-order chi connectivity index (χ1) is 7.16. The summed E-state index contributed by atoms with van der Waals surface area (Å²) in [5.74, 6) is 1.21. The lowest BCUT2D eigenvalue weighted by atomic mass is 10.1. The lowest BCUT2D eigenvalue weighted by Gasteiger charge is -2.15. The van der Waals surface area contributed by atoms with Crippen molar-refractivity contribution < 1.29 is 5.11 Å². The van der Waals surface area contributed by atoms with Gasteiger partial charge in [-0.15, -0.1) is 11.3 Å². The summed E-state index contributed by atoms with van der Waals surface area (Å²) >= 11 is 3.63. The van der Waals surface area contributed by atoms with E-state index in [9.17, 15) is 5.11 Å². The van der Waals surface area contributed by atoms with Crippen molar-refractivity contribution in [3.05, 3.63) is 15.6 Å². The smallest absolute Gasteiger partial charge is 0.0957 e. The van der Waals surface area contributed by atoms with E-state index in [0.717, 1.165) is 23.5 Å². The maximum atomic E-state index is 10.0. The second-order valence-corrected chi connectivity index (χ2v) is 6.71. The second kappa shape index (κ2) is 4.85.